The smallest absolute Gasteiger partial charge is 0.173 e. The third kappa shape index (κ3) is 5.82. The molecule has 1 saturated heterocycles. The Kier molecular flexibility index (Phi) is 7.51. The number of furan rings is 1. The summed E-state index contributed by atoms with van der Waals surface area (Å²) >= 11 is 0. The fourth-order valence-electron chi connectivity index (χ4n) is 4.97. The second-order valence-electron chi connectivity index (χ2n) is 9.79. The van der Waals surface area contributed by atoms with Gasteiger partial charge >= 0.3 is 0 Å². The van der Waals surface area contributed by atoms with Crippen molar-refractivity contribution in [3.8, 4) is 0 Å². The van der Waals surface area contributed by atoms with Crippen LogP contribution in [0.3, 0.4) is 0 Å². The molecule has 4 aromatic rings. The molecule has 0 saturated carbocycles. The Labute approximate surface area is 216 Å². The number of nitrogens with zero attached hydrogens (tertiary/aromatic N) is 1. The first-order chi connectivity index (χ1) is 17.9. The largest absolute Gasteiger partial charge is 0.461 e. The fraction of sp³-hybridized carbons (Fsp3) is 0.290. The maximum atomic E-state index is 14.2. The topological polar surface area (TPSA) is 45.8 Å². The van der Waals surface area contributed by atoms with Crippen LogP contribution in [0.15, 0.2) is 89.3 Å². The van der Waals surface area contributed by atoms with Crippen molar-refractivity contribution in [3.63, 3.8) is 0 Å². The van der Waals surface area contributed by atoms with E-state index in [1.165, 1.54) is 47.5 Å². The molecule has 37 heavy (non-hydrogen) atoms. The van der Waals surface area contributed by atoms with Gasteiger partial charge in [0.1, 0.15) is 23.2 Å². The van der Waals surface area contributed by atoms with E-state index in [1.54, 1.807) is 18.2 Å². The quantitative estimate of drug-likeness (QED) is 0.290. The first-order valence-corrected chi connectivity index (χ1v) is 12.6. The highest BCUT2D eigenvalue weighted by molar-refractivity contribution is 5.44. The summed E-state index contributed by atoms with van der Waals surface area (Å²) < 4.78 is 40.5. The van der Waals surface area contributed by atoms with E-state index in [2.05, 4.69) is 36.1 Å². The number of aryl methyl sites for hydroxylation is 1. The van der Waals surface area contributed by atoms with E-state index in [1.807, 2.05) is 6.07 Å². The number of hydrogen-bond acceptors (Lipinski definition) is 4. The van der Waals surface area contributed by atoms with Crippen LogP contribution in [-0.4, -0.2) is 29.3 Å². The lowest BCUT2D eigenvalue weighted by Gasteiger charge is -2.28. The van der Waals surface area contributed by atoms with Crippen LogP contribution in [0.5, 0.6) is 0 Å². The number of benzene rings is 3. The van der Waals surface area contributed by atoms with E-state index < -0.39 is 17.2 Å². The zero-order valence-electron chi connectivity index (χ0n) is 20.9. The predicted molar refractivity (Wildman–Crippen MR) is 138 cm³/mol. The van der Waals surface area contributed by atoms with E-state index in [0.717, 1.165) is 26.0 Å². The van der Waals surface area contributed by atoms with Crippen molar-refractivity contribution in [2.24, 2.45) is 0 Å². The van der Waals surface area contributed by atoms with Crippen molar-refractivity contribution in [2.45, 2.75) is 44.6 Å². The summed E-state index contributed by atoms with van der Waals surface area (Å²) in [7, 11) is 0. The van der Waals surface area contributed by atoms with Gasteiger partial charge in [-0.3, -0.25) is 4.90 Å². The molecule has 1 atom stereocenters. The van der Waals surface area contributed by atoms with Gasteiger partial charge in [0.25, 0.3) is 0 Å². The highest BCUT2D eigenvalue weighted by Gasteiger charge is 2.38. The summed E-state index contributed by atoms with van der Waals surface area (Å²) in [5, 5.41) is 12.0. The fourth-order valence-corrected chi connectivity index (χ4v) is 4.97. The minimum atomic E-state index is -1.86. The number of halogens is 2. The molecule has 1 N–H and O–H groups in total. The summed E-state index contributed by atoms with van der Waals surface area (Å²) in [5.74, 6) is -0.155. The van der Waals surface area contributed by atoms with Crippen LogP contribution >= 0.6 is 0 Å². The molecule has 5 rings (SSSR count). The van der Waals surface area contributed by atoms with Crippen LogP contribution < -0.4 is 0 Å². The number of rotatable bonds is 9. The van der Waals surface area contributed by atoms with Gasteiger partial charge in [0.2, 0.25) is 0 Å². The van der Waals surface area contributed by atoms with Crippen molar-refractivity contribution in [1.29, 1.82) is 0 Å². The maximum Gasteiger partial charge on any atom is 0.173 e. The lowest BCUT2D eigenvalue weighted by Crippen LogP contribution is -2.31. The van der Waals surface area contributed by atoms with E-state index in [4.69, 9.17) is 9.15 Å². The zero-order chi connectivity index (χ0) is 25.8. The Bertz CT molecular complexity index is 1280. The molecular weight excluding hydrogens is 472 g/mol. The van der Waals surface area contributed by atoms with Gasteiger partial charge in [0.15, 0.2) is 5.60 Å². The molecule has 1 aliphatic heterocycles. The van der Waals surface area contributed by atoms with Gasteiger partial charge in [-0.15, -0.1) is 0 Å². The molecule has 0 aliphatic carbocycles. The van der Waals surface area contributed by atoms with Gasteiger partial charge in [-0.1, -0.05) is 54.1 Å². The summed E-state index contributed by atoms with van der Waals surface area (Å²) in [6, 6.07) is 23.3. The number of ether oxygens (including phenoxy) is 1. The van der Waals surface area contributed by atoms with Crippen LogP contribution in [-0.2, 0) is 23.4 Å². The lowest BCUT2D eigenvalue weighted by atomic mass is 9.84. The third-order valence-corrected chi connectivity index (χ3v) is 6.90. The average Bonchev–Trinajstić information content (AvgIpc) is 3.57. The molecule has 0 bridgehead atoms. The molecule has 0 spiro atoms. The highest BCUT2D eigenvalue weighted by Crippen LogP contribution is 2.38. The van der Waals surface area contributed by atoms with E-state index >= 15 is 0 Å². The molecule has 1 fully saturated rings. The van der Waals surface area contributed by atoms with E-state index in [-0.39, 0.29) is 23.0 Å². The normalized spacial score (nSPS) is 16.0. The van der Waals surface area contributed by atoms with Crippen molar-refractivity contribution in [1.82, 2.24) is 4.90 Å². The van der Waals surface area contributed by atoms with Gasteiger partial charge in [-0.25, -0.2) is 8.78 Å². The Morgan fingerprint density at radius 3 is 2.16 bits per heavy atom. The standard InChI is InChI=1S/C31H31F2NO3/c1-22-10-12-23(13-11-22)19-34(20-28-9-4-16-36-28)21-29-14-15-30(37-29)31(35,24-5-2-7-26(32)17-24)25-6-3-8-27(33)18-25/h2-3,5-8,10-15,17-18,28,35H,4,9,16,19-21H2,1H3. The summed E-state index contributed by atoms with van der Waals surface area (Å²) in [6.45, 7) is 4.81. The molecule has 1 aliphatic rings. The summed E-state index contributed by atoms with van der Waals surface area (Å²) in [4.78, 5) is 2.27. The lowest BCUT2D eigenvalue weighted by molar-refractivity contribution is 0.0629. The van der Waals surface area contributed by atoms with Crippen LogP contribution in [0.25, 0.3) is 0 Å². The SMILES string of the molecule is Cc1ccc(CN(Cc2ccc(C(O)(c3cccc(F)c3)c3cccc(F)c3)o2)CC2CCCO2)cc1. The number of aliphatic hydroxyl groups is 1. The van der Waals surface area contributed by atoms with Gasteiger partial charge in [0, 0.05) is 19.7 Å². The zero-order valence-corrected chi connectivity index (χ0v) is 20.9. The van der Waals surface area contributed by atoms with Crippen molar-refractivity contribution in [3.05, 3.63) is 130 Å². The van der Waals surface area contributed by atoms with Crippen LogP contribution in [0.1, 0.15) is 46.6 Å². The average molecular weight is 504 g/mol. The molecule has 192 valence electrons. The Morgan fingerprint density at radius 2 is 1.57 bits per heavy atom. The van der Waals surface area contributed by atoms with Crippen molar-refractivity contribution < 1.29 is 23.0 Å². The van der Waals surface area contributed by atoms with Gasteiger partial charge < -0.3 is 14.3 Å². The predicted octanol–water partition coefficient (Wildman–Crippen LogP) is 6.33. The second kappa shape index (κ2) is 11.0. The molecule has 0 amide bonds. The molecular formula is C31H31F2NO3. The summed E-state index contributed by atoms with van der Waals surface area (Å²) in [5.41, 5.74) is 1.05. The summed E-state index contributed by atoms with van der Waals surface area (Å²) in [6.07, 6.45) is 2.24. The third-order valence-electron chi connectivity index (χ3n) is 6.90. The van der Waals surface area contributed by atoms with Gasteiger partial charge in [-0.2, -0.15) is 0 Å². The maximum absolute atomic E-state index is 14.2. The van der Waals surface area contributed by atoms with Crippen molar-refractivity contribution in [2.75, 3.05) is 13.2 Å². The van der Waals surface area contributed by atoms with E-state index in [9.17, 15) is 13.9 Å². The molecule has 3 aromatic carbocycles. The molecule has 1 unspecified atom stereocenters. The Morgan fingerprint density at radius 1 is 0.892 bits per heavy atom. The first-order valence-electron chi connectivity index (χ1n) is 12.6. The molecule has 6 heteroatoms. The Balaban J connectivity index is 1.46. The molecule has 2 heterocycles. The highest BCUT2D eigenvalue weighted by atomic mass is 19.1. The minimum absolute atomic E-state index is 0.163. The van der Waals surface area contributed by atoms with Gasteiger partial charge in [-0.05, 0) is 72.9 Å². The molecule has 4 nitrogen and oxygen atoms in total. The second-order valence-corrected chi connectivity index (χ2v) is 9.79. The number of hydrogen-bond donors (Lipinski definition) is 1. The van der Waals surface area contributed by atoms with E-state index in [0.29, 0.717) is 18.8 Å². The Hall–Kier alpha value is -3.32. The van der Waals surface area contributed by atoms with Crippen LogP contribution in [0.4, 0.5) is 8.78 Å². The molecule has 1 aromatic heterocycles. The van der Waals surface area contributed by atoms with Gasteiger partial charge in [0.05, 0.1) is 12.6 Å². The van der Waals surface area contributed by atoms with Crippen LogP contribution in [0, 0.1) is 18.6 Å². The minimum Gasteiger partial charge on any atom is -0.461 e. The first kappa shape index (κ1) is 25.3. The van der Waals surface area contributed by atoms with Crippen LogP contribution in [0.2, 0.25) is 0 Å². The van der Waals surface area contributed by atoms with Crippen molar-refractivity contribution >= 4 is 0 Å². The molecule has 0 radical (unpaired) electrons. The monoisotopic (exact) mass is 503 g/mol.